The number of halogens is 2. The normalized spacial score (nSPS) is 14.0. The Labute approximate surface area is 181 Å². The minimum atomic E-state index is -0.0341. The van der Waals surface area contributed by atoms with E-state index in [1.54, 1.807) is 11.8 Å². The van der Waals surface area contributed by atoms with Gasteiger partial charge in [-0.2, -0.15) is 0 Å². The number of thioether (sulfide) groups is 1. The fraction of sp³-hybridized carbons (Fsp3) is 0.300. The van der Waals surface area contributed by atoms with E-state index < -0.39 is 0 Å². The van der Waals surface area contributed by atoms with Gasteiger partial charge in [-0.25, -0.2) is 4.98 Å². The summed E-state index contributed by atoms with van der Waals surface area (Å²) in [7, 11) is 0. The van der Waals surface area contributed by atoms with Gasteiger partial charge in [-0.15, -0.1) is 24.8 Å². The van der Waals surface area contributed by atoms with Crippen molar-refractivity contribution in [2.45, 2.75) is 29.8 Å². The number of hydrogen-bond acceptors (Lipinski definition) is 4. The van der Waals surface area contributed by atoms with E-state index in [1.807, 2.05) is 48.5 Å². The van der Waals surface area contributed by atoms with E-state index in [4.69, 9.17) is 5.73 Å². The van der Waals surface area contributed by atoms with E-state index in [-0.39, 0.29) is 36.8 Å². The monoisotopic (exact) mass is 438 g/mol. The maximum atomic E-state index is 12.7. The zero-order valence-corrected chi connectivity index (χ0v) is 17.7. The highest BCUT2D eigenvalue weighted by molar-refractivity contribution is 7.98. The lowest BCUT2D eigenvalue weighted by Crippen LogP contribution is -2.42. The van der Waals surface area contributed by atoms with Gasteiger partial charge in [-0.1, -0.05) is 42.1 Å². The molecule has 0 bridgehead atoms. The molecule has 1 amide bonds. The number of aromatic nitrogens is 2. The highest BCUT2D eigenvalue weighted by Gasteiger charge is 2.31. The Morgan fingerprint density at radius 3 is 2.61 bits per heavy atom. The first-order valence-corrected chi connectivity index (χ1v) is 9.89. The largest absolute Gasteiger partial charge is 0.348 e. The van der Waals surface area contributed by atoms with Gasteiger partial charge < -0.3 is 16.0 Å². The minimum Gasteiger partial charge on any atom is -0.348 e. The summed E-state index contributed by atoms with van der Waals surface area (Å²) in [6, 6.07) is 15.8. The number of H-pyrrole nitrogens is 1. The third kappa shape index (κ3) is 5.20. The first kappa shape index (κ1) is 22.6. The molecule has 28 heavy (non-hydrogen) atoms. The highest BCUT2D eigenvalue weighted by Crippen LogP contribution is 2.32. The van der Waals surface area contributed by atoms with Crippen molar-refractivity contribution in [3.05, 3.63) is 59.7 Å². The lowest BCUT2D eigenvalue weighted by molar-refractivity contribution is 0.0933. The van der Waals surface area contributed by atoms with Gasteiger partial charge in [0.25, 0.3) is 5.91 Å². The lowest BCUT2D eigenvalue weighted by atomic mass is 10.1. The number of aromatic amines is 1. The lowest BCUT2D eigenvalue weighted by Gasteiger charge is -2.17. The van der Waals surface area contributed by atoms with E-state index in [1.165, 1.54) is 0 Å². The molecule has 1 fully saturated rings. The number of imidazole rings is 1. The Morgan fingerprint density at radius 1 is 1.18 bits per heavy atom. The molecule has 1 aromatic heterocycles. The van der Waals surface area contributed by atoms with Crippen molar-refractivity contribution < 1.29 is 4.79 Å². The average molecular weight is 439 g/mol. The zero-order valence-electron chi connectivity index (χ0n) is 15.3. The molecule has 5 nitrogen and oxygen atoms in total. The summed E-state index contributed by atoms with van der Waals surface area (Å²) in [6.45, 7) is 0.492. The summed E-state index contributed by atoms with van der Waals surface area (Å²) in [5.41, 5.74) is 9.52. The van der Waals surface area contributed by atoms with Gasteiger partial charge in [0, 0.05) is 23.9 Å². The van der Waals surface area contributed by atoms with Gasteiger partial charge in [0.05, 0.1) is 11.0 Å². The number of rotatable bonds is 7. The van der Waals surface area contributed by atoms with Crippen LogP contribution < -0.4 is 11.1 Å². The van der Waals surface area contributed by atoms with Gasteiger partial charge in [0.1, 0.15) is 0 Å². The number of para-hydroxylation sites is 2. The number of nitrogens with one attached hydrogen (secondary N) is 2. The molecule has 1 atom stereocenters. The van der Waals surface area contributed by atoms with Crippen LogP contribution >= 0.6 is 36.6 Å². The second kappa shape index (κ2) is 10.2. The van der Waals surface area contributed by atoms with Crippen molar-refractivity contribution in [3.8, 4) is 0 Å². The summed E-state index contributed by atoms with van der Waals surface area (Å²) in [4.78, 5) is 20.6. The first-order chi connectivity index (χ1) is 12.7. The standard InChI is InChI=1S/C20H22N4OS.2ClH/c21-11-18(13-9-10-13)22-19(25)15-6-2-1-5-14(15)12-26-20-23-16-7-3-4-8-17(16)24-20;;/h1-8,13,18H,9-12,21H2,(H,22,25)(H,23,24);2*1H. The molecule has 1 unspecified atom stereocenters. The van der Waals surface area contributed by atoms with Crippen molar-refractivity contribution in [1.82, 2.24) is 15.3 Å². The maximum Gasteiger partial charge on any atom is 0.251 e. The zero-order chi connectivity index (χ0) is 17.9. The van der Waals surface area contributed by atoms with Crippen LogP contribution in [-0.4, -0.2) is 28.5 Å². The van der Waals surface area contributed by atoms with Crippen molar-refractivity contribution in [2.24, 2.45) is 11.7 Å². The number of benzene rings is 2. The van der Waals surface area contributed by atoms with Crippen molar-refractivity contribution in [1.29, 1.82) is 0 Å². The molecule has 0 spiro atoms. The Balaban J connectivity index is 0.00000140. The Hall–Kier alpha value is -1.73. The molecule has 1 heterocycles. The Morgan fingerprint density at radius 2 is 1.89 bits per heavy atom. The third-order valence-electron chi connectivity index (χ3n) is 4.76. The van der Waals surface area contributed by atoms with Gasteiger partial charge in [0.2, 0.25) is 0 Å². The second-order valence-electron chi connectivity index (χ2n) is 6.66. The average Bonchev–Trinajstić information content (AvgIpc) is 3.43. The van der Waals surface area contributed by atoms with Gasteiger partial charge in [0.15, 0.2) is 5.16 Å². The number of carbonyl (C=O) groups is 1. The third-order valence-corrected chi connectivity index (χ3v) is 5.68. The predicted molar refractivity (Wildman–Crippen MR) is 120 cm³/mol. The van der Waals surface area contributed by atoms with Crippen molar-refractivity contribution in [2.75, 3.05) is 6.54 Å². The predicted octanol–water partition coefficient (Wildman–Crippen LogP) is 4.17. The molecule has 0 saturated heterocycles. The van der Waals surface area contributed by atoms with E-state index >= 15 is 0 Å². The van der Waals surface area contributed by atoms with Crippen LogP contribution in [0.5, 0.6) is 0 Å². The summed E-state index contributed by atoms with van der Waals surface area (Å²) in [6.07, 6.45) is 2.32. The number of amides is 1. The molecule has 150 valence electrons. The molecular formula is C20H24Cl2N4OS. The SMILES string of the molecule is Cl.Cl.NCC(NC(=O)c1ccccc1CSc1nc2ccccc2[nH]1)C1CC1. The number of fused-ring (bicyclic) bond motifs is 1. The van der Waals surface area contributed by atoms with Crippen LogP contribution in [0.4, 0.5) is 0 Å². The van der Waals surface area contributed by atoms with Crippen LogP contribution in [0.25, 0.3) is 11.0 Å². The van der Waals surface area contributed by atoms with Crippen molar-refractivity contribution >= 4 is 53.5 Å². The molecule has 1 aliphatic rings. The molecule has 0 radical (unpaired) electrons. The van der Waals surface area contributed by atoms with Crippen LogP contribution in [0.1, 0.15) is 28.8 Å². The Kier molecular flexibility index (Phi) is 8.19. The van der Waals surface area contributed by atoms with E-state index in [9.17, 15) is 4.79 Å². The quantitative estimate of drug-likeness (QED) is 0.483. The summed E-state index contributed by atoms with van der Waals surface area (Å²) < 4.78 is 0. The molecule has 8 heteroatoms. The van der Waals surface area contributed by atoms with E-state index in [0.717, 1.165) is 40.2 Å². The fourth-order valence-electron chi connectivity index (χ4n) is 3.13. The summed E-state index contributed by atoms with van der Waals surface area (Å²) in [5.74, 6) is 1.19. The topological polar surface area (TPSA) is 83.8 Å². The number of hydrogen-bond donors (Lipinski definition) is 3. The van der Waals surface area contributed by atoms with Crippen LogP contribution in [0.2, 0.25) is 0 Å². The highest BCUT2D eigenvalue weighted by atomic mass is 35.5. The molecule has 1 aliphatic carbocycles. The van der Waals surface area contributed by atoms with Crippen LogP contribution in [0, 0.1) is 5.92 Å². The maximum absolute atomic E-state index is 12.7. The van der Waals surface area contributed by atoms with Crippen LogP contribution in [0.3, 0.4) is 0 Å². The number of nitrogens with two attached hydrogens (primary N) is 1. The summed E-state index contributed by atoms with van der Waals surface area (Å²) >= 11 is 1.60. The van der Waals surface area contributed by atoms with Crippen molar-refractivity contribution in [3.63, 3.8) is 0 Å². The van der Waals surface area contributed by atoms with Gasteiger partial charge in [-0.3, -0.25) is 4.79 Å². The Bertz CT molecular complexity index is 896. The molecule has 3 aromatic rings. The smallest absolute Gasteiger partial charge is 0.251 e. The van der Waals surface area contributed by atoms with Crippen LogP contribution in [-0.2, 0) is 5.75 Å². The second-order valence-corrected chi connectivity index (χ2v) is 7.62. The molecular weight excluding hydrogens is 415 g/mol. The van der Waals surface area contributed by atoms with E-state index in [2.05, 4.69) is 15.3 Å². The molecule has 1 saturated carbocycles. The molecule has 0 aliphatic heterocycles. The fourth-order valence-corrected chi connectivity index (χ4v) is 4.01. The first-order valence-electron chi connectivity index (χ1n) is 8.91. The molecule has 4 rings (SSSR count). The minimum absolute atomic E-state index is 0. The molecule has 4 N–H and O–H groups in total. The number of carbonyl (C=O) groups excluding carboxylic acids is 1. The molecule has 2 aromatic carbocycles. The number of nitrogens with zero attached hydrogens (tertiary/aromatic N) is 1. The summed E-state index contributed by atoms with van der Waals surface area (Å²) in [5, 5.41) is 3.97. The van der Waals surface area contributed by atoms with Crippen LogP contribution in [0.15, 0.2) is 53.7 Å². The van der Waals surface area contributed by atoms with Gasteiger partial charge >= 0.3 is 0 Å². The van der Waals surface area contributed by atoms with Gasteiger partial charge in [-0.05, 0) is 42.5 Å². The van der Waals surface area contributed by atoms with E-state index in [0.29, 0.717) is 18.2 Å².